The second-order valence-corrected chi connectivity index (χ2v) is 7.41. The standard InChI is InChI=1S/C16H10Br4O4/c1-9(21)23-7-3-5-11-13(17)15(19)12(16(20)14(11)18)6-4-8-24-10(2)22/h5,8H2,1-2H3. The Morgan fingerprint density at radius 3 is 2.00 bits per heavy atom. The molecule has 0 unspecified atom stereocenters. The van der Waals surface area contributed by atoms with Crippen LogP contribution in [0.5, 0.6) is 0 Å². The summed E-state index contributed by atoms with van der Waals surface area (Å²) in [6.07, 6.45) is 2.70. The first kappa shape index (κ1) is 21.2. The largest absolute Gasteiger partial charge is 0.453 e. The van der Waals surface area contributed by atoms with Gasteiger partial charge in [-0.05, 0) is 69.3 Å². The van der Waals surface area contributed by atoms with Gasteiger partial charge in [-0.15, -0.1) is 0 Å². The normalized spacial score (nSPS) is 9.25. The van der Waals surface area contributed by atoms with Crippen molar-refractivity contribution < 1.29 is 19.1 Å². The van der Waals surface area contributed by atoms with Crippen LogP contribution in [-0.4, -0.2) is 18.5 Å². The number of ether oxygens (including phenoxy) is 2. The quantitative estimate of drug-likeness (QED) is 0.287. The molecule has 0 bridgehead atoms. The van der Waals surface area contributed by atoms with E-state index in [1.54, 1.807) is 0 Å². The fourth-order valence-corrected chi connectivity index (χ4v) is 4.12. The summed E-state index contributed by atoms with van der Waals surface area (Å²) in [5, 5.41) is 0. The summed E-state index contributed by atoms with van der Waals surface area (Å²) < 4.78 is 12.4. The molecule has 24 heavy (non-hydrogen) atoms. The third-order valence-corrected chi connectivity index (χ3v) is 6.85. The molecule has 1 aromatic rings. The van der Waals surface area contributed by atoms with Crippen LogP contribution in [0.25, 0.3) is 0 Å². The van der Waals surface area contributed by atoms with Crippen molar-refractivity contribution in [1.82, 2.24) is 0 Å². The minimum Gasteiger partial charge on any atom is -0.453 e. The van der Waals surface area contributed by atoms with Gasteiger partial charge in [-0.3, -0.25) is 9.59 Å². The zero-order valence-corrected chi connectivity index (χ0v) is 18.9. The van der Waals surface area contributed by atoms with Crippen molar-refractivity contribution >= 4 is 75.7 Å². The average molecular weight is 586 g/mol. The van der Waals surface area contributed by atoms with Gasteiger partial charge in [0.05, 0.1) is 5.56 Å². The summed E-state index contributed by atoms with van der Waals surface area (Å²) in [4.78, 5) is 21.4. The number of carbonyl (C=O) groups is 2. The molecule has 0 aliphatic carbocycles. The van der Waals surface area contributed by atoms with Crippen molar-refractivity contribution in [2.24, 2.45) is 0 Å². The van der Waals surface area contributed by atoms with E-state index < -0.39 is 5.97 Å². The predicted octanol–water partition coefficient (Wildman–Crippen LogP) is 4.72. The molecule has 1 aromatic carbocycles. The van der Waals surface area contributed by atoms with Crippen molar-refractivity contribution in [2.75, 3.05) is 6.61 Å². The molecule has 0 aliphatic heterocycles. The van der Waals surface area contributed by atoms with Gasteiger partial charge in [0.1, 0.15) is 6.11 Å². The van der Waals surface area contributed by atoms with E-state index in [1.165, 1.54) is 13.8 Å². The fraction of sp³-hybridized carbons (Fsp3) is 0.250. The first-order valence-electron chi connectivity index (χ1n) is 6.38. The molecule has 0 saturated heterocycles. The first-order valence-corrected chi connectivity index (χ1v) is 9.55. The molecule has 0 amide bonds. The van der Waals surface area contributed by atoms with Gasteiger partial charge in [0.2, 0.25) is 0 Å². The molecule has 0 atom stereocenters. The number of benzene rings is 1. The minimum absolute atomic E-state index is 0.0130. The Hall–Kier alpha value is -0.800. The number of carbonyl (C=O) groups excluding carboxylic acids is 2. The van der Waals surface area contributed by atoms with E-state index >= 15 is 0 Å². The van der Waals surface area contributed by atoms with E-state index in [-0.39, 0.29) is 12.6 Å². The summed E-state index contributed by atoms with van der Waals surface area (Å²) in [7, 11) is 0. The van der Waals surface area contributed by atoms with Crippen molar-refractivity contribution in [1.29, 1.82) is 0 Å². The molecule has 1 rings (SSSR count). The lowest BCUT2D eigenvalue weighted by Gasteiger charge is -2.12. The minimum atomic E-state index is -0.457. The highest BCUT2D eigenvalue weighted by atomic mass is 79.9. The maximum Gasteiger partial charge on any atom is 0.316 e. The van der Waals surface area contributed by atoms with E-state index in [0.29, 0.717) is 12.0 Å². The molecule has 0 heterocycles. The first-order chi connectivity index (χ1) is 11.3. The molecule has 0 fully saturated rings. The van der Waals surface area contributed by atoms with E-state index in [1.807, 2.05) is 0 Å². The van der Waals surface area contributed by atoms with Gasteiger partial charge >= 0.3 is 11.9 Å². The molecule has 0 saturated carbocycles. The monoisotopic (exact) mass is 582 g/mol. The van der Waals surface area contributed by atoms with Crippen LogP contribution in [0.2, 0.25) is 0 Å². The van der Waals surface area contributed by atoms with E-state index in [4.69, 9.17) is 4.74 Å². The Kier molecular flexibility index (Phi) is 9.07. The SMILES string of the molecule is CC(=O)OC#CCc1c(Br)c(Br)c(C#CCOC(C)=O)c(Br)c1Br. The molecule has 0 aliphatic rings. The highest BCUT2D eigenvalue weighted by Gasteiger charge is 2.17. The van der Waals surface area contributed by atoms with Crippen LogP contribution in [0.3, 0.4) is 0 Å². The van der Waals surface area contributed by atoms with Gasteiger partial charge in [-0.2, -0.15) is 0 Å². The molecule has 8 heteroatoms. The maximum absolute atomic E-state index is 10.7. The van der Waals surface area contributed by atoms with Crippen molar-refractivity contribution in [2.45, 2.75) is 20.3 Å². The molecule has 126 valence electrons. The Labute approximate surface area is 173 Å². The van der Waals surface area contributed by atoms with Crippen LogP contribution in [0.15, 0.2) is 17.9 Å². The molecule has 0 N–H and O–H groups in total. The topological polar surface area (TPSA) is 52.6 Å². The second kappa shape index (κ2) is 10.2. The number of hydrogen-bond donors (Lipinski definition) is 0. The third kappa shape index (κ3) is 6.25. The van der Waals surface area contributed by atoms with Crippen LogP contribution in [0.4, 0.5) is 0 Å². The molecule has 0 radical (unpaired) electrons. The Bertz CT molecular complexity index is 765. The summed E-state index contributed by atoms with van der Waals surface area (Å²) >= 11 is 14.0. The Balaban J connectivity index is 3.13. The lowest BCUT2D eigenvalue weighted by Crippen LogP contribution is -1.98. The van der Waals surface area contributed by atoms with Gasteiger partial charge in [0.25, 0.3) is 0 Å². The fourth-order valence-electron chi connectivity index (χ4n) is 1.44. The Morgan fingerprint density at radius 2 is 1.50 bits per heavy atom. The molecular weight excluding hydrogens is 576 g/mol. The highest BCUT2D eigenvalue weighted by Crippen LogP contribution is 2.41. The predicted molar refractivity (Wildman–Crippen MR) is 104 cm³/mol. The van der Waals surface area contributed by atoms with Crippen LogP contribution in [0, 0.1) is 23.9 Å². The van der Waals surface area contributed by atoms with Crippen molar-refractivity contribution in [3.63, 3.8) is 0 Å². The molecular formula is C16H10Br4O4. The van der Waals surface area contributed by atoms with Crippen LogP contribution < -0.4 is 0 Å². The average Bonchev–Trinajstić information content (AvgIpc) is 2.51. The summed E-state index contributed by atoms with van der Waals surface area (Å²) in [6, 6.07) is 0. The maximum atomic E-state index is 10.7. The lowest BCUT2D eigenvalue weighted by atomic mass is 10.1. The molecule has 0 spiro atoms. The number of rotatable bonds is 2. The van der Waals surface area contributed by atoms with Crippen LogP contribution >= 0.6 is 63.7 Å². The summed E-state index contributed by atoms with van der Waals surface area (Å²) in [5.74, 6) is 7.64. The Morgan fingerprint density at radius 1 is 0.917 bits per heavy atom. The number of esters is 2. The van der Waals surface area contributed by atoms with Crippen molar-refractivity contribution in [3.8, 4) is 23.9 Å². The van der Waals surface area contributed by atoms with E-state index in [9.17, 15) is 9.59 Å². The second-order valence-electron chi connectivity index (χ2n) is 4.24. The third-order valence-electron chi connectivity index (χ3n) is 2.45. The molecule has 4 nitrogen and oxygen atoms in total. The van der Waals surface area contributed by atoms with Gasteiger partial charge in [0.15, 0.2) is 6.61 Å². The number of halogens is 4. The summed E-state index contributed by atoms with van der Waals surface area (Å²) in [6.45, 7) is 2.63. The zero-order chi connectivity index (χ0) is 18.3. The van der Waals surface area contributed by atoms with E-state index in [0.717, 1.165) is 23.5 Å². The van der Waals surface area contributed by atoms with E-state index in [2.05, 4.69) is 92.3 Å². The van der Waals surface area contributed by atoms with Gasteiger partial charge in [-0.25, -0.2) is 0 Å². The lowest BCUT2D eigenvalue weighted by molar-refractivity contribution is -0.139. The zero-order valence-electron chi connectivity index (χ0n) is 12.6. The van der Waals surface area contributed by atoms with Gasteiger partial charge in [0, 0.05) is 38.2 Å². The van der Waals surface area contributed by atoms with Crippen LogP contribution in [-0.2, 0) is 25.5 Å². The van der Waals surface area contributed by atoms with Crippen molar-refractivity contribution in [3.05, 3.63) is 29.0 Å². The number of hydrogen-bond acceptors (Lipinski definition) is 4. The van der Waals surface area contributed by atoms with Gasteiger partial charge in [-0.1, -0.05) is 17.8 Å². The molecule has 0 aromatic heterocycles. The highest BCUT2D eigenvalue weighted by molar-refractivity contribution is 9.14. The summed E-state index contributed by atoms with van der Waals surface area (Å²) in [5.41, 5.74) is 1.55. The van der Waals surface area contributed by atoms with Gasteiger partial charge < -0.3 is 9.47 Å². The smallest absolute Gasteiger partial charge is 0.316 e. The van der Waals surface area contributed by atoms with Crippen LogP contribution in [0.1, 0.15) is 25.0 Å².